The molecular weight excluding hydrogens is 400 g/mol. The minimum atomic E-state index is -1.20. The summed E-state index contributed by atoms with van der Waals surface area (Å²) in [5, 5.41) is 3.79. The van der Waals surface area contributed by atoms with Gasteiger partial charge in [-0.2, -0.15) is 0 Å². The molecule has 4 rings (SSSR count). The molecule has 7 heteroatoms. The van der Waals surface area contributed by atoms with Crippen molar-refractivity contribution in [1.82, 2.24) is 14.9 Å². The number of nitrogens with zero attached hydrogens (tertiary/aromatic N) is 2. The number of aromatic nitrogens is 2. The second-order valence-corrected chi connectivity index (χ2v) is 9.55. The molecule has 2 heterocycles. The van der Waals surface area contributed by atoms with Crippen LogP contribution in [0.4, 0.5) is 8.78 Å². The summed E-state index contributed by atoms with van der Waals surface area (Å²) in [5.41, 5.74) is 2.38. The Morgan fingerprint density at radius 2 is 1.84 bits per heavy atom. The van der Waals surface area contributed by atoms with E-state index in [9.17, 15) is 18.4 Å². The number of rotatable bonds is 3. The highest BCUT2D eigenvalue weighted by Gasteiger charge is 2.36. The molecule has 5 atom stereocenters. The summed E-state index contributed by atoms with van der Waals surface area (Å²) < 4.78 is 29.1. The number of nitrogens with one attached hydrogen (secondary N) is 1. The van der Waals surface area contributed by atoms with Gasteiger partial charge in [0.15, 0.2) is 0 Å². The first-order valence-corrected chi connectivity index (χ1v) is 11.3. The van der Waals surface area contributed by atoms with Gasteiger partial charge < -0.3 is 9.88 Å². The SMILES string of the molecule is Cc1cc2c(cn1)cc(C1CC(C(=O)NC3CC(F)CC(F)C3)CCC1C)c(=O)n2C. The maximum Gasteiger partial charge on any atom is 0.254 e. The fourth-order valence-corrected chi connectivity index (χ4v) is 5.37. The van der Waals surface area contributed by atoms with Crippen molar-refractivity contribution in [3.63, 3.8) is 0 Å². The van der Waals surface area contributed by atoms with E-state index in [-0.39, 0.29) is 48.5 Å². The first kappa shape index (κ1) is 21.9. The summed E-state index contributed by atoms with van der Waals surface area (Å²) in [6.45, 7) is 4.02. The van der Waals surface area contributed by atoms with Gasteiger partial charge in [-0.1, -0.05) is 6.92 Å². The molecule has 2 aromatic rings. The average molecular weight is 432 g/mol. The lowest BCUT2D eigenvalue weighted by atomic mass is 9.71. The smallest absolute Gasteiger partial charge is 0.254 e. The third-order valence-electron chi connectivity index (χ3n) is 7.18. The first-order valence-electron chi connectivity index (χ1n) is 11.3. The molecule has 2 aliphatic carbocycles. The molecule has 168 valence electrons. The highest BCUT2D eigenvalue weighted by molar-refractivity contribution is 5.80. The predicted octanol–water partition coefficient (Wildman–Crippen LogP) is 4.11. The topological polar surface area (TPSA) is 64.0 Å². The van der Waals surface area contributed by atoms with E-state index in [1.807, 2.05) is 19.1 Å². The van der Waals surface area contributed by atoms with Crippen molar-refractivity contribution in [2.75, 3.05) is 0 Å². The summed E-state index contributed by atoms with van der Waals surface area (Å²) >= 11 is 0. The van der Waals surface area contributed by atoms with Gasteiger partial charge in [0.1, 0.15) is 12.3 Å². The predicted molar refractivity (Wildman–Crippen MR) is 117 cm³/mol. The fraction of sp³-hybridized carbons (Fsp3) is 0.625. The van der Waals surface area contributed by atoms with Gasteiger partial charge in [-0.15, -0.1) is 0 Å². The van der Waals surface area contributed by atoms with Crippen LogP contribution in [-0.2, 0) is 11.8 Å². The van der Waals surface area contributed by atoms with Crippen LogP contribution in [-0.4, -0.2) is 33.8 Å². The van der Waals surface area contributed by atoms with Gasteiger partial charge in [0.2, 0.25) is 5.91 Å². The largest absolute Gasteiger partial charge is 0.353 e. The molecule has 31 heavy (non-hydrogen) atoms. The standard InChI is InChI=1S/C24H31F2N3O2/c1-13-4-5-15(23(30)28-19-10-17(25)9-18(26)11-19)7-20(13)21-8-16-12-27-14(2)6-22(16)29(3)24(21)31/h6,8,12-13,15,17-20H,4-5,7,9-11H2,1-3H3,(H,28,30). The molecule has 5 nitrogen and oxygen atoms in total. The number of aryl methyl sites for hydroxylation is 2. The van der Waals surface area contributed by atoms with Gasteiger partial charge in [0, 0.05) is 48.3 Å². The van der Waals surface area contributed by atoms with Gasteiger partial charge in [0.05, 0.1) is 5.52 Å². The Morgan fingerprint density at radius 1 is 1.13 bits per heavy atom. The van der Waals surface area contributed by atoms with Crippen molar-refractivity contribution in [1.29, 1.82) is 0 Å². The Labute approximate surface area is 181 Å². The molecule has 1 amide bonds. The summed E-state index contributed by atoms with van der Waals surface area (Å²) in [7, 11) is 1.77. The van der Waals surface area contributed by atoms with Crippen LogP contribution < -0.4 is 10.9 Å². The van der Waals surface area contributed by atoms with Crippen molar-refractivity contribution in [3.05, 3.63) is 39.9 Å². The first-order chi connectivity index (χ1) is 14.7. The molecule has 0 saturated heterocycles. The Kier molecular flexibility index (Phi) is 6.13. The van der Waals surface area contributed by atoms with Gasteiger partial charge in [-0.3, -0.25) is 14.6 Å². The second kappa shape index (κ2) is 8.67. The molecule has 2 aromatic heterocycles. The average Bonchev–Trinajstić information content (AvgIpc) is 2.71. The molecule has 5 unspecified atom stereocenters. The second-order valence-electron chi connectivity index (χ2n) is 9.55. The zero-order chi connectivity index (χ0) is 22.3. The van der Waals surface area contributed by atoms with Gasteiger partial charge in [-0.25, -0.2) is 8.78 Å². The number of fused-ring (bicyclic) bond motifs is 1. The van der Waals surface area contributed by atoms with E-state index in [1.165, 1.54) is 0 Å². The van der Waals surface area contributed by atoms with Crippen LogP contribution in [0.3, 0.4) is 0 Å². The van der Waals surface area contributed by atoms with E-state index in [1.54, 1.807) is 17.8 Å². The molecule has 0 spiro atoms. The highest BCUT2D eigenvalue weighted by atomic mass is 19.1. The van der Waals surface area contributed by atoms with Gasteiger partial charge >= 0.3 is 0 Å². The molecule has 2 saturated carbocycles. The molecular formula is C24H31F2N3O2. The number of carbonyl (C=O) groups excluding carboxylic acids is 1. The Hall–Kier alpha value is -2.31. The van der Waals surface area contributed by atoms with Gasteiger partial charge in [0.25, 0.3) is 5.56 Å². The third-order valence-corrected chi connectivity index (χ3v) is 7.18. The quantitative estimate of drug-likeness (QED) is 0.796. The van der Waals surface area contributed by atoms with E-state index in [0.29, 0.717) is 6.42 Å². The molecule has 0 bridgehead atoms. The normalized spacial score (nSPS) is 31.5. The van der Waals surface area contributed by atoms with Crippen molar-refractivity contribution in [2.24, 2.45) is 18.9 Å². The minimum absolute atomic E-state index is 0.0381. The lowest BCUT2D eigenvalue weighted by Gasteiger charge is -2.35. The maximum atomic E-state index is 13.7. The molecule has 0 aliphatic heterocycles. The molecule has 2 fully saturated rings. The van der Waals surface area contributed by atoms with E-state index >= 15 is 0 Å². The Bertz CT molecular complexity index is 1030. The van der Waals surface area contributed by atoms with Crippen LogP contribution in [0.5, 0.6) is 0 Å². The number of hydrogen-bond donors (Lipinski definition) is 1. The van der Waals surface area contributed by atoms with E-state index < -0.39 is 18.4 Å². The highest BCUT2D eigenvalue weighted by Crippen LogP contribution is 2.40. The third kappa shape index (κ3) is 4.51. The zero-order valence-electron chi connectivity index (χ0n) is 18.4. The summed E-state index contributed by atoms with van der Waals surface area (Å²) in [4.78, 5) is 30.4. The van der Waals surface area contributed by atoms with Crippen LogP contribution in [0.25, 0.3) is 10.9 Å². The lowest BCUT2D eigenvalue weighted by Crippen LogP contribution is -2.45. The maximum absolute atomic E-state index is 13.7. The van der Waals surface area contributed by atoms with Crippen molar-refractivity contribution in [2.45, 2.75) is 76.7 Å². The van der Waals surface area contributed by atoms with Crippen molar-refractivity contribution in [3.8, 4) is 0 Å². The van der Waals surface area contributed by atoms with Crippen LogP contribution in [0, 0.1) is 18.8 Å². The zero-order valence-corrected chi connectivity index (χ0v) is 18.4. The Balaban J connectivity index is 1.55. The van der Waals surface area contributed by atoms with E-state index in [0.717, 1.165) is 35.0 Å². The van der Waals surface area contributed by atoms with Crippen LogP contribution in [0.2, 0.25) is 0 Å². The Morgan fingerprint density at radius 3 is 2.55 bits per heavy atom. The van der Waals surface area contributed by atoms with Crippen LogP contribution in [0.1, 0.15) is 62.6 Å². The summed E-state index contributed by atoms with van der Waals surface area (Å²) in [6.07, 6.45) is 1.78. The number of amides is 1. The van der Waals surface area contributed by atoms with E-state index in [4.69, 9.17) is 0 Å². The number of halogens is 2. The summed E-state index contributed by atoms with van der Waals surface area (Å²) in [6, 6.07) is 3.38. The number of carbonyl (C=O) groups is 1. The van der Waals surface area contributed by atoms with Crippen LogP contribution >= 0.6 is 0 Å². The molecule has 0 radical (unpaired) electrons. The van der Waals surface area contributed by atoms with Crippen molar-refractivity contribution < 1.29 is 13.6 Å². The van der Waals surface area contributed by atoms with Crippen molar-refractivity contribution >= 4 is 16.8 Å². The number of hydrogen-bond acceptors (Lipinski definition) is 3. The minimum Gasteiger partial charge on any atom is -0.353 e. The van der Waals surface area contributed by atoms with E-state index in [2.05, 4.69) is 17.2 Å². The lowest BCUT2D eigenvalue weighted by molar-refractivity contribution is -0.127. The van der Waals surface area contributed by atoms with Gasteiger partial charge in [-0.05, 0) is 63.0 Å². The molecule has 0 aromatic carbocycles. The molecule has 2 aliphatic rings. The summed E-state index contributed by atoms with van der Waals surface area (Å²) in [5.74, 6) is -0.162. The molecule has 1 N–H and O–H groups in total. The van der Waals surface area contributed by atoms with Crippen LogP contribution in [0.15, 0.2) is 23.1 Å². The number of alkyl halides is 2. The fourth-order valence-electron chi connectivity index (χ4n) is 5.37. The monoisotopic (exact) mass is 431 g/mol. The number of pyridine rings is 2.